The van der Waals surface area contributed by atoms with E-state index in [1.807, 2.05) is 4.90 Å². The van der Waals surface area contributed by atoms with Crippen LogP contribution < -0.4 is 4.74 Å². The topological polar surface area (TPSA) is 85.4 Å². The van der Waals surface area contributed by atoms with Crippen LogP contribution in [-0.4, -0.2) is 83.2 Å². The van der Waals surface area contributed by atoms with Crippen LogP contribution >= 0.6 is 0 Å². The molecule has 3 heterocycles. The summed E-state index contributed by atoms with van der Waals surface area (Å²) in [6.07, 6.45) is 2.99. The van der Waals surface area contributed by atoms with Gasteiger partial charge in [0.15, 0.2) is 0 Å². The van der Waals surface area contributed by atoms with E-state index in [9.17, 15) is 13.2 Å². The summed E-state index contributed by atoms with van der Waals surface area (Å²) < 4.78 is 45.0. The Morgan fingerprint density at radius 1 is 1.19 bits per heavy atom. The van der Waals surface area contributed by atoms with Crippen LogP contribution in [0.25, 0.3) is 0 Å². The van der Waals surface area contributed by atoms with Gasteiger partial charge >= 0.3 is 0 Å². The van der Waals surface area contributed by atoms with Crippen LogP contribution in [0.5, 0.6) is 5.75 Å². The minimum Gasteiger partial charge on any atom is -0.492 e. The lowest BCUT2D eigenvalue weighted by Crippen LogP contribution is -2.53. The van der Waals surface area contributed by atoms with E-state index in [4.69, 9.17) is 14.2 Å². The molecule has 0 radical (unpaired) electrons. The zero-order valence-corrected chi connectivity index (χ0v) is 18.9. The molecule has 1 aromatic rings. The van der Waals surface area contributed by atoms with Crippen molar-refractivity contribution in [3.05, 3.63) is 24.3 Å². The Hall–Kier alpha value is -1.68. The van der Waals surface area contributed by atoms with Crippen molar-refractivity contribution < 1.29 is 27.4 Å². The quantitative estimate of drug-likeness (QED) is 0.692. The lowest BCUT2D eigenvalue weighted by Gasteiger charge is -2.45. The third-order valence-electron chi connectivity index (χ3n) is 6.76. The number of likely N-dealkylation sites (tertiary alicyclic amines) is 1. The number of methoxy groups -OCH3 is 1. The van der Waals surface area contributed by atoms with Gasteiger partial charge in [0, 0.05) is 57.8 Å². The van der Waals surface area contributed by atoms with Crippen molar-refractivity contribution in [3.8, 4) is 5.75 Å². The normalized spacial score (nSPS) is 24.1. The summed E-state index contributed by atoms with van der Waals surface area (Å²) in [7, 11) is -2.13. The van der Waals surface area contributed by atoms with E-state index in [0.29, 0.717) is 71.2 Å². The molecule has 9 heteroatoms. The number of carbonyl (C=O) groups is 1. The molecular weight excluding hydrogens is 420 g/mol. The molecule has 0 atom stereocenters. The number of fused-ring (bicyclic) bond motifs is 1. The molecule has 31 heavy (non-hydrogen) atoms. The molecule has 2 saturated heterocycles. The van der Waals surface area contributed by atoms with Gasteiger partial charge in [-0.3, -0.25) is 4.79 Å². The molecule has 4 rings (SSSR count). The predicted octanol–water partition coefficient (Wildman–Crippen LogP) is 1.75. The molecule has 8 nitrogen and oxygen atoms in total. The highest BCUT2D eigenvalue weighted by Crippen LogP contribution is 2.39. The van der Waals surface area contributed by atoms with Crippen LogP contribution in [0.1, 0.15) is 25.7 Å². The summed E-state index contributed by atoms with van der Waals surface area (Å²) in [5.74, 6) is 0.644. The molecule has 3 aliphatic heterocycles. The van der Waals surface area contributed by atoms with Gasteiger partial charge in [-0.15, -0.1) is 0 Å². The lowest BCUT2D eigenvalue weighted by molar-refractivity contribution is -0.141. The molecule has 0 aromatic heterocycles. The van der Waals surface area contributed by atoms with E-state index in [0.717, 1.165) is 12.8 Å². The molecule has 0 N–H and O–H groups in total. The first-order valence-corrected chi connectivity index (χ1v) is 12.5. The van der Waals surface area contributed by atoms with Gasteiger partial charge < -0.3 is 19.1 Å². The first-order chi connectivity index (χ1) is 15.0. The van der Waals surface area contributed by atoms with Crippen molar-refractivity contribution >= 4 is 15.9 Å². The zero-order valence-electron chi connectivity index (χ0n) is 18.1. The van der Waals surface area contributed by atoms with Gasteiger partial charge in [0.05, 0.1) is 13.2 Å². The Morgan fingerprint density at radius 2 is 1.90 bits per heavy atom. The smallest absolute Gasteiger partial charge is 0.246 e. The van der Waals surface area contributed by atoms with Crippen LogP contribution in [-0.2, 0) is 24.3 Å². The number of hydrogen-bond donors (Lipinski definition) is 0. The van der Waals surface area contributed by atoms with E-state index >= 15 is 0 Å². The van der Waals surface area contributed by atoms with Crippen LogP contribution in [0.15, 0.2) is 29.2 Å². The summed E-state index contributed by atoms with van der Waals surface area (Å²) in [6.45, 7) is 3.96. The number of hydrogen-bond acceptors (Lipinski definition) is 6. The van der Waals surface area contributed by atoms with Crippen molar-refractivity contribution in [2.24, 2.45) is 11.3 Å². The summed E-state index contributed by atoms with van der Waals surface area (Å²) in [5, 5.41) is 0. The highest BCUT2D eigenvalue weighted by molar-refractivity contribution is 7.89. The molecule has 1 spiro atoms. The van der Waals surface area contributed by atoms with Crippen LogP contribution in [0.4, 0.5) is 0 Å². The molecule has 1 aromatic carbocycles. The van der Waals surface area contributed by atoms with Crippen LogP contribution in [0.3, 0.4) is 0 Å². The fourth-order valence-electron chi connectivity index (χ4n) is 4.76. The van der Waals surface area contributed by atoms with Crippen molar-refractivity contribution in [2.45, 2.75) is 30.6 Å². The Morgan fingerprint density at radius 3 is 2.61 bits per heavy atom. The van der Waals surface area contributed by atoms with Crippen molar-refractivity contribution in [1.29, 1.82) is 0 Å². The van der Waals surface area contributed by atoms with Gasteiger partial charge in [0.1, 0.15) is 10.6 Å². The largest absolute Gasteiger partial charge is 0.492 e. The number of carbonyl (C=O) groups excluding carboxylic acids is 1. The van der Waals surface area contributed by atoms with Gasteiger partial charge in [-0.1, -0.05) is 12.1 Å². The average molecular weight is 453 g/mol. The van der Waals surface area contributed by atoms with E-state index in [-0.39, 0.29) is 22.1 Å². The number of rotatable bonds is 4. The Labute approximate surface area is 184 Å². The standard InChI is InChI=1S/C22H32N2O6S/c1-28-15-12-24-16-22(17-30-19-4-2-3-5-20(19)31(24,26)27)8-10-23(11-9-22)21(25)18-6-13-29-14-7-18/h2-5,18H,6-17H2,1H3. The Kier molecular flexibility index (Phi) is 6.86. The summed E-state index contributed by atoms with van der Waals surface area (Å²) in [4.78, 5) is 15.1. The van der Waals surface area contributed by atoms with Crippen LogP contribution in [0, 0.1) is 11.3 Å². The predicted molar refractivity (Wildman–Crippen MR) is 114 cm³/mol. The number of para-hydroxylation sites is 1. The van der Waals surface area contributed by atoms with E-state index in [1.54, 1.807) is 31.4 Å². The highest BCUT2D eigenvalue weighted by Gasteiger charge is 2.44. The first-order valence-electron chi connectivity index (χ1n) is 11.0. The molecule has 0 bridgehead atoms. The minimum atomic E-state index is -3.70. The third-order valence-corrected chi connectivity index (χ3v) is 8.65. The van der Waals surface area contributed by atoms with Gasteiger partial charge in [0.2, 0.25) is 15.9 Å². The van der Waals surface area contributed by atoms with Gasteiger partial charge in [-0.05, 0) is 37.8 Å². The molecule has 0 aliphatic carbocycles. The first kappa shape index (κ1) is 22.5. The van der Waals surface area contributed by atoms with E-state index < -0.39 is 10.0 Å². The summed E-state index contributed by atoms with van der Waals surface area (Å²) >= 11 is 0. The number of sulfonamides is 1. The number of ether oxygens (including phenoxy) is 3. The monoisotopic (exact) mass is 452 g/mol. The van der Waals surface area contributed by atoms with Gasteiger partial charge in [0.25, 0.3) is 0 Å². The highest BCUT2D eigenvalue weighted by atomic mass is 32.2. The lowest BCUT2D eigenvalue weighted by atomic mass is 9.78. The Bertz CT molecular complexity index is 876. The fourth-order valence-corrected chi connectivity index (χ4v) is 6.42. The fraction of sp³-hybridized carbons (Fsp3) is 0.682. The maximum Gasteiger partial charge on any atom is 0.246 e. The maximum atomic E-state index is 13.4. The van der Waals surface area contributed by atoms with Crippen LogP contribution in [0.2, 0.25) is 0 Å². The number of piperidine rings is 1. The molecule has 0 unspecified atom stereocenters. The molecular formula is C22H32N2O6S. The second kappa shape index (κ2) is 9.44. The van der Waals surface area contributed by atoms with E-state index in [1.165, 1.54) is 4.31 Å². The molecule has 172 valence electrons. The SMILES string of the molecule is COCCN1CC2(CCN(C(=O)C3CCOCC3)CC2)COc2ccccc2S1(=O)=O. The summed E-state index contributed by atoms with van der Waals surface area (Å²) in [5.41, 5.74) is -0.333. The number of nitrogens with zero attached hydrogens (tertiary/aromatic N) is 2. The van der Waals surface area contributed by atoms with Gasteiger partial charge in [-0.2, -0.15) is 4.31 Å². The van der Waals surface area contributed by atoms with Crippen molar-refractivity contribution in [1.82, 2.24) is 9.21 Å². The van der Waals surface area contributed by atoms with Crippen molar-refractivity contribution in [3.63, 3.8) is 0 Å². The summed E-state index contributed by atoms with van der Waals surface area (Å²) in [6, 6.07) is 6.81. The molecule has 1 amide bonds. The molecule has 2 fully saturated rings. The average Bonchev–Trinajstić information content (AvgIpc) is 2.80. The maximum absolute atomic E-state index is 13.4. The third kappa shape index (κ3) is 4.74. The molecule has 0 saturated carbocycles. The molecule has 3 aliphatic rings. The van der Waals surface area contributed by atoms with E-state index in [2.05, 4.69) is 0 Å². The second-order valence-electron chi connectivity index (χ2n) is 8.78. The minimum absolute atomic E-state index is 0.0434. The Balaban J connectivity index is 1.53. The van der Waals surface area contributed by atoms with Crippen molar-refractivity contribution in [2.75, 3.05) is 59.7 Å². The van der Waals surface area contributed by atoms with Gasteiger partial charge in [-0.25, -0.2) is 8.42 Å². The second-order valence-corrected chi connectivity index (χ2v) is 10.7. The number of amides is 1. The zero-order chi connectivity index (χ0) is 21.9. The number of benzene rings is 1.